The minimum absolute atomic E-state index is 0.555. The maximum atomic E-state index is 5.69. The summed E-state index contributed by atoms with van der Waals surface area (Å²) in [4.78, 5) is 8.44. The number of nitrogen functional groups attached to an aromatic ring is 1. The molecule has 0 fully saturated rings. The highest BCUT2D eigenvalue weighted by molar-refractivity contribution is 14.1. The molecule has 0 unspecified atom stereocenters. The lowest BCUT2D eigenvalue weighted by Gasteiger charge is -2.04. The molecule has 0 aliphatic carbocycles. The van der Waals surface area contributed by atoms with Gasteiger partial charge in [0.25, 0.3) is 0 Å². The summed E-state index contributed by atoms with van der Waals surface area (Å²) >= 11 is 2.14. The van der Waals surface area contributed by atoms with E-state index in [2.05, 4.69) is 32.6 Å². The van der Waals surface area contributed by atoms with Crippen LogP contribution in [0.1, 0.15) is 11.5 Å². The van der Waals surface area contributed by atoms with Crippen molar-refractivity contribution in [3.05, 3.63) is 15.1 Å². The van der Waals surface area contributed by atoms with Crippen LogP contribution in [0, 0.1) is 10.5 Å². The largest absolute Gasteiger partial charge is 0.384 e. The van der Waals surface area contributed by atoms with Crippen molar-refractivity contribution in [1.29, 1.82) is 0 Å². The Hall–Kier alpha value is -0.430. The highest BCUT2D eigenvalue weighted by Gasteiger charge is 2.05. The number of anilines is 1. The van der Waals surface area contributed by atoms with Crippen molar-refractivity contribution < 1.29 is 4.74 Å². The third-order valence-electron chi connectivity index (χ3n) is 1.62. The van der Waals surface area contributed by atoms with Gasteiger partial charge in [-0.15, -0.1) is 0 Å². The summed E-state index contributed by atoms with van der Waals surface area (Å²) in [7, 11) is 1.66. The van der Waals surface area contributed by atoms with E-state index >= 15 is 0 Å². The molecule has 1 aromatic heterocycles. The Balaban J connectivity index is 2.86. The summed E-state index contributed by atoms with van der Waals surface area (Å²) in [5, 5.41) is 0. The molecule has 0 spiro atoms. The second-order valence-corrected chi connectivity index (χ2v) is 3.75. The SMILES string of the molecule is COCCc1nc(C)c(I)c(N)n1. The fourth-order valence-electron chi connectivity index (χ4n) is 0.946. The lowest BCUT2D eigenvalue weighted by molar-refractivity contribution is 0.200. The van der Waals surface area contributed by atoms with Crippen molar-refractivity contribution in [3.8, 4) is 0 Å². The van der Waals surface area contributed by atoms with E-state index in [1.807, 2.05) is 6.92 Å². The molecule has 4 nitrogen and oxygen atoms in total. The minimum Gasteiger partial charge on any atom is -0.384 e. The first-order valence-corrected chi connectivity index (χ1v) is 5.00. The average Bonchev–Trinajstić information content (AvgIpc) is 2.10. The van der Waals surface area contributed by atoms with Crippen molar-refractivity contribution in [2.75, 3.05) is 19.5 Å². The van der Waals surface area contributed by atoms with Crippen LogP contribution >= 0.6 is 22.6 Å². The maximum Gasteiger partial charge on any atom is 0.140 e. The molecule has 0 aliphatic rings. The number of ether oxygens (including phenoxy) is 1. The molecule has 1 heterocycles. The number of nitrogens with two attached hydrogens (primary N) is 1. The second-order valence-electron chi connectivity index (χ2n) is 2.67. The van der Waals surface area contributed by atoms with E-state index < -0.39 is 0 Å². The van der Waals surface area contributed by atoms with Gasteiger partial charge in [-0.2, -0.15) is 0 Å². The van der Waals surface area contributed by atoms with E-state index in [-0.39, 0.29) is 0 Å². The molecule has 0 atom stereocenters. The second kappa shape index (κ2) is 4.71. The molecule has 0 amide bonds. The summed E-state index contributed by atoms with van der Waals surface area (Å²) in [5.41, 5.74) is 6.62. The number of hydrogen-bond donors (Lipinski definition) is 1. The Labute approximate surface area is 91.0 Å². The monoisotopic (exact) mass is 293 g/mol. The number of aromatic nitrogens is 2. The van der Waals surface area contributed by atoms with E-state index in [4.69, 9.17) is 10.5 Å². The van der Waals surface area contributed by atoms with Gasteiger partial charge in [-0.3, -0.25) is 0 Å². The summed E-state index contributed by atoms with van der Waals surface area (Å²) in [5.74, 6) is 1.30. The van der Waals surface area contributed by atoms with Gasteiger partial charge in [-0.05, 0) is 29.5 Å². The van der Waals surface area contributed by atoms with Crippen LogP contribution < -0.4 is 5.73 Å². The quantitative estimate of drug-likeness (QED) is 0.850. The van der Waals surface area contributed by atoms with Crippen molar-refractivity contribution in [2.45, 2.75) is 13.3 Å². The van der Waals surface area contributed by atoms with E-state index in [9.17, 15) is 0 Å². The first-order chi connectivity index (χ1) is 6.15. The fraction of sp³-hybridized carbons (Fsp3) is 0.500. The highest BCUT2D eigenvalue weighted by Crippen LogP contribution is 2.15. The highest BCUT2D eigenvalue weighted by atomic mass is 127. The Morgan fingerprint density at radius 3 is 2.69 bits per heavy atom. The van der Waals surface area contributed by atoms with Gasteiger partial charge in [0.2, 0.25) is 0 Å². The van der Waals surface area contributed by atoms with Crippen molar-refractivity contribution in [2.24, 2.45) is 0 Å². The summed E-state index contributed by atoms with van der Waals surface area (Å²) < 4.78 is 5.86. The van der Waals surface area contributed by atoms with Crippen molar-refractivity contribution >= 4 is 28.4 Å². The zero-order chi connectivity index (χ0) is 9.84. The predicted octanol–water partition coefficient (Wildman–Crippen LogP) is 1.16. The number of rotatable bonds is 3. The van der Waals surface area contributed by atoms with E-state index in [0.717, 1.165) is 15.1 Å². The molecule has 0 radical (unpaired) electrons. The van der Waals surface area contributed by atoms with Gasteiger partial charge in [0, 0.05) is 13.5 Å². The average molecular weight is 293 g/mol. The smallest absolute Gasteiger partial charge is 0.140 e. The van der Waals surface area contributed by atoms with Gasteiger partial charge in [0.15, 0.2) is 0 Å². The van der Waals surface area contributed by atoms with Gasteiger partial charge in [-0.1, -0.05) is 0 Å². The number of nitrogens with zero attached hydrogens (tertiary/aromatic N) is 2. The molecule has 72 valence electrons. The summed E-state index contributed by atoms with van der Waals surface area (Å²) in [6.45, 7) is 2.55. The predicted molar refractivity (Wildman–Crippen MR) is 59.5 cm³/mol. The van der Waals surface area contributed by atoms with Gasteiger partial charge in [0.1, 0.15) is 11.6 Å². The molecule has 13 heavy (non-hydrogen) atoms. The molecular weight excluding hydrogens is 281 g/mol. The third kappa shape index (κ3) is 2.77. The van der Waals surface area contributed by atoms with Crippen LogP contribution in [-0.4, -0.2) is 23.7 Å². The zero-order valence-corrected chi connectivity index (χ0v) is 9.83. The van der Waals surface area contributed by atoms with Gasteiger partial charge in [0.05, 0.1) is 15.9 Å². The summed E-state index contributed by atoms with van der Waals surface area (Å²) in [6, 6.07) is 0. The Kier molecular flexibility index (Phi) is 3.86. The van der Waals surface area contributed by atoms with E-state index in [1.165, 1.54) is 0 Å². The number of aryl methyl sites for hydroxylation is 1. The molecule has 0 aliphatic heterocycles. The number of halogens is 1. The van der Waals surface area contributed by atoms with Crippen LogP contribution in [0.15, 0.2) is 0 Å². The molecular formula is C8H12IN3O. The van der Waals surface area contributed by atoms with Gasteiger partial charge >= 0.3 is 0 Å². The molecule has 0 saturated heterocycles. The standard InChI is InChI=1S/C8H12IN3O/c1-5-7(9)8(10)12-6(11-5)3-4-13-2/h3-4H2,1-2H3,(H2,10,11,12). The topological polar surface area (TPSA) is 61.0 Å². The van der Waals surface area contributed by atoms with Gasteiger partial charge < -0.3 is 10.5 Å². The van der Waals surface area contributed by atoms with Crippen LogP contribution in [0.4, 0.5) is 5.82 Å². The van der Waals surface area contributed by atoms with Crippen molar-refractivity contribution in [1.82, 2.24) is 9.97 Å². The van der Waals surface area contributed by atoms with Crippen molar-refractivity contribution in [3.63, 3.8) is 0 Å². The van der Waals surface area contributed by atoms with Crippen LogP contribution in [-0.2, 0) is 11.2 Å². The molecule has 0 bridgehead atoms. The molecule has 0 saturated carbocycles. The summed E-state index contributed by atoms with van der Waals surface area (Å²) in [6.07, 6.45) is 0.707. The van der Waals surface area contributed by atoms with Crippen LogP contribution in [0.3, 0.4) is 0 Å². The molecule has 1 rings (SSSR count). The Bertz CT molecular complexity index is 280. The number of hydrogen-bond acceptors (Lipinski definition) is 4. The first-order valence-electron chi connectivity index (χ1n) is 3.92. The maximum absolute atomic E-state index is 5.69. The molecule has 0 aromatic carbocycles. The van der Waals surface area contributed by atoms with Crippen LogP contribution in [0.5, 0.6) is 0 Å². The molecule has 2 N–H and O–H groups in total. The normalized spacial score (nSPS) is 10.4. The van der Waals surface area contributed by atoms with E-state index in [1.54, 1.807) is 7.11 Å². The van der Waals surface area contributed by atoms with Crippen LogP contribution in [0.25, 0.3) is 0 Å². The Morgan fingerprint density at radius 2 is 2.15 bits per heavy atom. The third-order valence-corrected chi connectivity index (χ3v) is 2.95. The molecule has 1 aromatic rings. The van der Waals surface area contributed by atoms with E-state index in [0.29, 0.717) is 18.8 Å². The first kappa shape index (κ1) is 10.6. The fourth-order valence-corrected chi connectivity index (χ4v) is 1.19. The number of methoxy groups -OCH3 is 1. The minimum atomic E-state index is 0.555. The lowest BCUT2D eigenvalue weighted by atomic mass is 10.3. The van der Waals surface area contributed by atoms with Crippen LogP contribution in [0.2, 0.25) is 0 Å². The Morgan fingerprint density at radius 1 is 1.46 bits per heavy atom. The zero-order valence-electron chi connectivity index (χ0n) is 7.67. The van der Waals surface area contributed by atoms with Gasteiger partial charge in [-0.25, -0.2) is 9.97 Å². The lowest BCUT2D eigenvalue weighted by Crippen LogP contribution is -2.07. The molecule has 5 heteroatoms.